The molecule has 1 saturated heterocycles. The lowest BCUT2D eigenvalue weighted by molar-refractivity contribution is -0.128. The van der Waals surface area contributed by atoms with Crippen molar-refractivity contribution >= 4 is 5.91 Å². The fraction of sp³-hybridized carbons (Fsp3) is 0.812. The minimum Gasteiger partial charge on any atom is -0.394 e. The number of amides is 1. The molecule has 2 heterocycles. The number of nitrogens with one attached hydrogen (secondary N) is 1. The van der Waals surface area contributed by atoms with Crippen molar-refractivity contribution in [3.8, 4) is 0 Å². The molecule has 23 heavy (non-hydrogen) atoms. The number of aromatic nitrogens is 3. The second kappa shape index (κ2) is 7.40. The summed E-state index contributed by atoms with van der Waals surface area (Å²) in [6, 6.07) is -0.0865. The van der Waals surface area contributed by atoms with Gasteiger partial charge >= 0.3 is 0 Å². The van der Waals surface area contributed by atoms with Crippen molar-refractivity contribution in [3.05, 3.63) is 11.9 Å². The summed E-state index contributed by atoms with van der Waals surface area (Å²) < 4.78 is 7.84. The number of aliphatic hydroxyl groups excluding tert-OH is 1. The zero-order valence-electron chi connectivity index (χ0n) is 13.6. The molecule has 3 atom stereocenters. The quantitative estimate of drug-likeness (QED) is 0.781. The zero-order valence-corrected chi connectivity index (χ0v) is 13.6. The molecule has 0 spiro atoms. The molecule has 1 aromatic heterocycles. The maximum atomic E-state index is 11.5. The SMILES string of the molecule is CCC(=O)N[C@H]1CC[C@H](CCn2cc(C3CC3)nn2)O[C@@H]1CO. The summed E-state index contributed by atoms with van der Waals surface area (Å²) in [7, 11) is 0. The van der Waals surface area contributed by atoms with Crippen LogP contribution in [-0.4, -0.2) is 50.9 Å². The molecule has 2 aliphatic rings. The molecule has 7 nitrogen and oxygen atoms in total. The van der Waals surface area contributed by atoms with E-state index in [0.717, 1.165) is 31.5 Å². The number of nitrogens with zero attached hydrogens (tertiary/aromatic N) is 3. The van der Waals surface area contributed by atoms with Crippen LogP contribution in [0.15, 0.2) is 6.20 Å². The van der Waals surface area contributed by atoms with E-state index in [-0.39, 0.29) is 30.8 Å². The van der Waals surface area contributed by atoms with Gasteiger partial charge < -0.3 is 15.2 Å². The highest BCUT2D eigenvalue weighted by Crippen LogP contribution is 2.38. The topological polar surface area (TPSA) is 89.3 Å². The molecule has 7 heteroatoms. The fourth-order valence-electron chi connectivity index (χ4n) is 3.08. The maximum Gasteiger partial charge on any atom is 0.220 e. The summed E-state index contributed by atoms with van der Waals surface area (Å²) in [5.74, 6) is 0.627. The molecule has 3 rings (SSSR count). The third-order valence-electron chi connectivity index (χ3n) is 4.70. The van der Waals surface area contributed by atoms with Gasteiger partial charge in [0.2, 0.25) is 5.91 Å². The van der Waals surface area contributed by atoms with E-state index in [9.17, 15) is 9.90 Å². The van der Waals surface area contributed by atoms with Crippen molar-refractivity contribution in [1.29, 1.82) is 0 Å². The van der Waals surface area contributed by atoms with Crippen LogP contribution in [-0.2, 0) is 16.1 Å². The zero-order chi connectivity index (χ0) is 16.2. The number of ether oxygens (including phenoxy) is 1. The highest BCUT2D eigenvalue weighted by molar-refractivity contribution is 5.75. The van der Waals surface area contributed by atoms with Gasteiger partial charge in [-0.1, -0.05) is 12.1 Å². The van der Waals surface area contributed by atoms with E-state index in [1.54, 1.807) is 0 Å². The Labute approximate surface area is 136 Å². The summed E-state index contributed by atoms with van der Waals surface area (Å²) >= 11 is 0. The second-order valence-electron chi connectivity index (χ2n) is 6.55. The van der Waals surface area contributed by atoms with Crippen LogP contribution in [0.25, 0.3) is 0 Å². The standard InChI is InChI=1S/C16H26N4O3/c1-2-16(22)17-13-6-5-12(23-15(13)10-21)7-8-20-9-14(18-19-20)11-3-4-11/h9,11-13,15,21H,2-8,10H2,1H3,(H,17,22)/t12-,13+,15-/m1/s1. The molecule has 128 valence electrons. The molecular formula is C16H26N4O3. The van der Waals surface area contributed by atoms with Crippen molar-refractivity contribution in [1.82, 2.24) is 20.3 Å². The van der Waals surface area contributed by atoms with Gasteiger partial charge in [-0.2, -0.15) is 0 Å². The number of carbonyl (C=O) groups is 1. The van der Waals surface area contributed by atoms with Gasteiger partial charge in [0.15, 0.2) is 0 Å². The second-order valence-corrected chi connectivity index (χ2v) is 6.55. The molecule has 1 aromatic rings. The predicted molar refractivity (Wildman–Crippen MR) is 83.8 cm³/mol. The maximum absolute atomic E-state index is 11.5. The number of carbonyl (C=O) groups excluding carboxylic acids is 1. The summed E-state index contributed by atoms with van der Waals surface area (Å²) in [5, 5.41) is 20.8. The monoisotopic (exact) mass is 322 g/mol. The third-order valence-corrected chi connectivity index (χ3v) is 4.70. The first kappa shape index (κ1) is 16.4. The molecule has 1 aliphatic carbocycles. The van der Waals surface area contributed by atoms with Crippen molar-refractivity contribution in [2.75, 3.05) is 6.61 Å². The van der Waals surface area contributed by atoms with E-state index in [1.807, 2.05) is 17.8 Å². The number of aliphatic hydroxyl groups is 1. The largest absolute Gasteiger partial charge is 0.394 e. The first-order chi connectivity index (χ1) is 11.2. The molecule has 1 saturated carbocycles. The number of aryl methyl sites for hydroxylation is 1. The van der Waals surface area contributed by atoms with Crippen LogP contribution in [0.4, 0.5) is 0 Å². The van der Waals surface area contributed by atoms with Gasteiger partial charge in [-0.3, -0.25) is 9.48 Å². The fourth-order valence-corrected chi connectivity index (χ4v) is 3.08. The van der Waals surface area contributed by atoms with Crippen LogP contribution < -0.4 is 5.32 Å². The smallest absolute Gasteiger partial charge is 0.220 e. The molecule has 0 aromatic carbocycles. The van der Waals surface area contributed by atoms with Gasteiger partial charge in [0.05, 0.1) is 24.4 Å². The van der Waals surface area contributed by atoms with Crippen molar-refractivity contribution in [3.63, 3.8) is 0 Å². The van der Waals surface area contributed by atoms with E-state index in [1.165, 1.54) is 12.8 Å². The predicted octanol–water partition coefficient (Wildman–Crippen LogP) is 0.980. The lowest BCUT2D eigenvalue weighted by Gasteiger charge is -2.36. The number of hydrogen-bond acceptors (Lipinski definition) is 5. The Balaban J connectivity index is 1.46. The Morgan fingerprint density at radius 2 is 2.26 bits per heavy atom. The first-order valence-electron chi connectivity index (χ1n) is 8.65. The van der Waals surface area contributed by atoms with Crippen molar-refractivity contribution in [2.24, 2.45) is 0 Å². The molecule has 2 fully saturated rings. The average molecular weight is 322 g/mol. The molecule has 0 bridgehead atoms. The van der Waals surface area contributed by atoms with E-state index >= 15 is 0 Å². The van der Waals surface area contributed by atoms with Gasteiger partial charge in [0.25, 0.3) is 0 Å². The van der Waals surface area contributed by atoms with Gasteiger partial charge in [-0.05, 0) is 32.1 Å². The molecule has 0 radical (unpaired) electrons. The summed E-state index contributed by atoms with van der Waals surface area (Å²) in [4.78, 5) is 11.5. The summed E-state index contributed by atoms with van der Waals surface area (Å²) in [6.45, 7) is 2.53. The normalized spacial score (nSPS) is 27.8. The van der Waals surface area contributed by atoms with Crippen LogP contribution >= 0.6 is 0 Å². The third kappa shape index (κ3) is 4.29. The average Bonchev–Trinajstić information content (AvgIpc) is 3.32. The Bertz CT molecular complexity index is 529. The van der Waals surface area contributed by atoms with Gasteiger partial charge in [0.1, 0.15) is 6.10 Å². The Hall–Kier alpha value is -1.47. The molecule has 0 unspecified atom stereocenters. The Morgan fingerprint density at radius 1 is 1.43 bits per heavy atom. The minimum atomic E-state index is -0.318. The summed E-state index contributed by atoms with van der Waals surface area (Å²) in [5.41, 5.74) is 1.10. The van der Waals surface area contributed by atoms with E-state index in [2.05, 4.69) is 15.6 Å². The number of rotatable bonds is 7. The van der Waals surface area contributed by atoms with Crippen LogP contribution in [0.1, 0.15) is 57.1 Å². The van der Waals surface area contributed by atoms with E-state index in [4.69, 9.17) is 4.74 Å². The molecular weight excluding hydrogens is 296 g/mol. The van der Waals surface area contributed by atoms with Crippen molar-refractivity contribution in [2.45, 2.75) is 76.2 Å². The minimum absolute atomic E-state index is 0.00530. The highest BCUT2D eigenvalue weighted by atomic mass is 16.5. The molecule has 1 aliphatic heterocycles. The summed E-state index contributed by atoms with van der Waals surface area (Å²) in [6.07, 6.45) is 7.29. The lowest BCUT2D eigenvalue weighted by atomic mass is 9.97. The number of hydrogen-bond donors (Lipinski definition) is 2. The molecule has 1 amide bonds. The van der Waals surface area contributed by atoms with E-state index in [0.29, 0.717) is 12.3 Å². The van der Waals surface area contributed by atoms with Gasteiger partial charge in [0, 0.05) is 25.1 Å². The lowest BCUT2D eigenvalue weighted by Crippen LogP contribution is -2.50. The van der Waals surface area contributed by atoms with Gasteiger partial charge in [-0.25, -0.2) is 0 Å². The highest BCUT2D eigenvalue weighted by Gasteiger charge is 2.31. The first-order valence-corrected chi connectivity index (χ1v) is 8.65. The van der Waals surface area contributed by atoms with Gasteiger partial charge in [-0.15, -0.1) is 5.10 Å². The van der Waals surface area contributed by atoms with Crippen LogP contribution in [0.2, 0.25) is 0 Å². The molecule has 2 N–H and O–H groups in total. The van der Waals surface area contributed by atoms with Crippen LogP contribution in [0, 0.1) is 0 Å². The Kier molecular flexibility index (Phi) is 5.27. The van der Waals surface area contributed by atoms with E-state index < -0.39 is 0 Å². The van der Waals surface area contributed by atoms with Crippen LogP contribution in [0.5, 0.6) is 0 Å². The Morgan fingerprint density at radius 3 is 2.96 bits per heavy atom. The van der Waals surface area contributed by atoms with Crippen LogP contribution in [0.3, 0.4) is 0 Å². The van der Waals surface area contributed by atoms with Crippen molar-refractivity contribution < 1.29 is 14.6 Å².